The minimum Gasteiger partial charge on any atom is -0.506 e. The van der Waals surface area contributed by atoms with Gasteiger partial charge in [-0.15, -0.1) is 0 Å². The van der Waals surface area contributed by atoms with Gasteiger partial charge in [0.1, 0.15) is 5.75 Å². The van der Waals surface area contributed by atoms with E-state index < -0.39 is 0 Å². The molecule has 0 amide bonds. The average molecular weight is 282 g/mol. The van der Waals surface area contributed by atoms with Gasteiger partial charge in [0, 0.05) is 25.7 Å². The third-order valence-electron chi connectivity index (χ3n) is 4.10. The Balaban J connectivity index is 1.50. The summed E-state index contributed by atoms with van der Waals surface area (Å²) in [5, 5.41) is 13.3. The summed E-state index contributed by atoms with van der Waals surface area (Å²) in [6.45, 7) is 3.23. The molecule has 1 fully saturated rings. The highest BCUT2D eigenvalue weighted by Crippen LogP contribution is 2.25. The van der Waals surface area contributed by atoms with Crippen molar-refractivity contribution in [3.8, 4) is 5.75 Å². The van der Waals surface area contributed by atoms with Crippen LogP contribution >= 0.6 is 0 Å². The Morgan fingerprint density at radius 2 is 1.62 bits per heavy atom. The molecule has 2 aromatic carbocycles. The van der Waals surface area contributed by atoms with E-state index >= 15 is 0 Å². The Labute approximate surface area is 126 Å². The number of piperidine rings is 1. The largest absolute Gasteiger partial charge is 0.506 e. The Morgan fingerprint density at radius 3 is 2.33 bits per heavy atom. The highest BCUT2D eigenvalue weighted by atomic mass is 16.3. The van der Waals surface area contributed by atoms with E-state index in [1.165, 1.54) is 5.56 Å². The summed E-state index contributed by atoms with van der Waals surface area (Å²) in [5.41, 5.74) is 2.23. The number of likely N-dealkylation sites (tertiary alicyclic amines) is 1. The zero-order valence-corrected chi connectivity index (χ0v) is 12.2. The molecule has 0 radical (unpaired) electrons. The summed E-state index contributed by atoms with van der Waals surface area (Å²) in [7, 11) is 0. The van der Waals surface area contributed by atoms with Gasteiger partial charge in [0.2, 0.25) is 0 Å². The molecular weight excluding hydrogens is 260 g/mol. The predicted molar refractivity (Wildman–Crippen MR) is 86.5 cm³/mol. The molecule has 1 aliphatic heterocycles. The van der Waals surface area contributed by atoms with Gasteiger partial charge in [-0.1, -0.05) is 42.5 Å². The molecule has 0 atom stereocenters. The van der Waals surface area contributed by atoms with E-state index in [-0.39, 0.29) is 0 Å². The van der Waals surface area contributed by atoms with Crippen molar-refractivity contribution in [3.05, 3.63) is 60.2 Å². The van der Waals surface area contributed by atoms with E-state index in [9.17, 15) is 5.11 Å². The SMILES string of the molecule is Oc1ccccc1NC1CCN(Cc2ccccc2)CC1. The summed E-state index contributed by atoms with van der Waals surface area (Å²) in [6.07, 6.45) is 2.22. The summed E-state index contributed by atoms with van der Waals surface area (Å²) in [4.78, 5) is 2.50. The predicted octanol–water partition coefficient (Wildman–Crippen LogP) is 3.47. The highest BCUT2D eigenvalue weighted by Gasteiger charge is 2.19. The molecule has 0 bridgehead atoms. The van der Waals surface area contributed by atoms with Crippen molar-refractivity contribution >= 4 is 5.69 Å². The van der Waals surface area contributed by atoms with Crippen LogP contribution in [0.25, 0.3) is 0 Å². The monoisotopic (exact) mass is 282 g/mol. The van der Waals surface area contributed by atoms with E-state index in [0.717, 1.165) is 38.2 Å². The maximum atomic E-state index is 9.82. The van der Waals surface area contributed by atoms with E-state index in [1.54, 1.807) is 6.07 Å². The molecule has 21 heavy (non-hydrogen) atoms. The van der Waals surface area contributed by atoms with Gasteiger partial charge >= 0.3 is 0 Å². The number of nitrogens with zero attached hydrogens (tertiary/aromatic N) is 1. The lowest BCUT2D eigenvalue weighted by molar-refractivity contribution is 0.211. The number of phenolic OH excluding ortho intramolecular Hbond substituents is 1. The summed E-state index contributed by atoms with van der Waals surface area (Å²) in [6, 6.07) is 18.5. The molecule has 1 saturated heterocycles. The summed E-state index contributed by atoms with van der Waals surface area (Å²) < 4.78 is 0. The molecular formula is C18H22N2O. The van der Waals surface area contributed by atoms with Gasteiger partial charge in [-0.2, -0.15) is 0 Å². The van der Waals surface area contributed by atoms with Crippen molar-refractivity contribution in [1.29, 1.82) is 0 Å². The fraction of sp³-hybridized carbons (Fsp3) is 0.333. The summed E-state index contributed by atoms with van der Waals surface area (Å²) >= 11 is 0. The van der Waals surface area contributed by atoms with Gasteiger partial charge in [-0.25, -0.2) is 0 Å². The van der Waals surface area contributed by atoms with Gasteiger partial charge in [-0.05, 0) is 30.5 Å². The number of benzene rings is 2. The van der Waals surface area contributed by atoms with Crippen LogP contribution in [0.4, 0.5) is 5.69 Å². The lowest BCUT2D eigenvalue weighted by Crippen LogP contribution is -2.38. The topological polar surface area (TPSA) is 35.5 Å². The van der Waals surface area contributed by atoms with Crippen LogP contribution in [-0.2, 0) is 6.54 Å². The molecule has 3 heteroatoms. The van der Waals surface area contributed by atoms with E-state index in [1.807, 2.05) is 18.2 Å². The Bertz CT molecular complexity index is 562. The zero-order chi connectivity index (χ0) is 14.5. The minimum absolute atomic E-state index is 0.337. The first-order chi connectivity index (χ1) is 10.3. The van der Waals surface area contributed by atoms with Crippen molar-refractivity contribution in [2.75, 3.05) is 18.4 Å². The number of para-hydroxylation sites is 2. The van der Waals surface area contributed by atoms with Crippen molar-refractivity contribution in [2.45, 2.75) is 25.4 Å². The van der Waals surface area contributed by atoms with E-state index in [0.29, 0.717) is 11.8 Å². The molecule has 0 aliphatic carbocycles. The number of hydrogen-bond acceptors (Lipinski definition) is 3. The minimum atomic E-state index is 0.337. The molecule has 3 nitrogen and oxygen atoms in total. The van der Waals surface area contributed by atoms with Crippen LogP contribution in [0.3, 0.4) is 0 Å². The molecule has 3 rings (SSSR count). The molecule has 110 valence electrons. The zero-order valence-electron chi connectivity index (χ0n) is 12.2. The second-order valence-electron chi connectivity index (χ2n) is 5.70. The van der Waals surface area contributed by atoms with Crippen molar-refractivity contribution in [2.24, 2.45) is 0 Å². The molecule has 1 aliphatic rings. The first kappa shape index (κ1) is 14.0. The van der Waals surface area contributed by atoms with Gasteiger partial charge in [0.05, 0.1) is 5.69 Å². The number of phenols is 1. The maximum Gasteiger partial charge on any atom is 0.138 e. The number of rotatable bonds is 4. The molecule has 0 spiro atoms. The van der Waals surface area contributed by atoms with Crippen molar-refractivity contribution < 1.29 is 5.11 Å². The van der Waals surface area contributed by atoms with Crippen LogP contribution < -0.4 is 5.32 Å². The smallest absolute Gasteiger partial charge is 0.138 e. The van der Waals surface area contributed by atoms with E-state index in [2.05, 4.69) is 40.5 Å². The Morgan fingerprint density at radius 1 is 0.952 bits per heavy atom. The van der Waals surface area contributed by atoms with Crippen molar-refractivity contribution in [3.63, 3.8) is 0 Å². The molecule has 0 saturated carbocycles. The van der Waals surface area contributed by atoms with Crippen LogP contribution in [0.2, 0.25) is 0 Å². The first-order valence-electron chi connectivity index (χ1n) is 7.62. The fourth-order valence-corrected chi connectivity index (χ4v) is 2.89. The van der Waals surface area contributed by atoms with Crippen molar-refractivity contribution in [1.82, 2.24) is 4.90 Å². The van der Waals surface area contributed by atoms with Crippen LogP contribution in [0, 0.1) is 0 Å². The molecule has 0 unspecified atom stereocenters. The third kappa shape index (κ3) is 3.76. The standard InChI is InChI=1S/C18H22N2O/c21-18-9-5-4-8-17(18)19-16-10-12-20(13-11-16)14-15-6-2-1-3-7-15/h1-9,16,19,21H,10-14H2. The fourth-order valence-electron chi connectivity index (χ4n) is 2.89. The summed E-state index contributed by atoms with van der Waals surface area (Å²) in [5.74, 6) is 0.337. The number of aromatic hydroxyl groups is 1. The first-order valence-corrected chi connectivity index (χ1v) is 7.62. The van der Waals surface area contributed by atoms with Gasteiger partial charge in [0.25, 0.3) is 0 Å². The quantitative estimate of drug-likeness (QED) is 0.843. The normalized spacial score (nSPS) is 16.8. The van der Waals surface area contributed by atoms with Crippen LogP contribution in [-0.4, -0.2) is 29.1 Å². The number of hydrogen-bond donors (Lipinski definition) is 2. The highest BCUT2D eigenvalue weighted by molar-refractivity contribution is 5.55. The number of nitrogens with one attached hydrogen (secondary N) is 1. The van der Waals surface area contributed by atoms with Crippen LogP contribution in [0.1, 0.15) is 18.4 Å². The second-order valence-corrected chi connectivity index (χ2v) is 5.70. The molecule has 0 aromatic heterocycles. The second kappa shape index (κ2) is 6.64. The van der Waals surface area contributed by atoms with Crippen LogP contribution in [0.15, 0.2) is 54.6 Å². The lowest BCUT2D eigenvalue weighted by Gasteiger charge is -2.33. The average Bonchev–Trinajstić information content (AvgIpc) is 2.52. The third-order valence-corrected chi connectivity index (χ3v) is 4.10. The maximum absolute atomic E-state index is 9.82. The molecule has 2 aromatic rings. The molecule has 1 heterocycles. The van der Waals surface area contributed by atoms with E-state index in [4.69, 9.17) is 0 Å². The number of anilines is 1. The van der Waals surface area contributed by atoms with Crippen LogP contribution in [0.5, 0.6) is 5.75 Å². The molecule has 2 N–H and O–H groups in total. The van der Waals surface area contributed by atoms with Gasteiger partial charge < -0.3 is 10.4 Å². The Kier molecular flexibility index (Phi) is 4.41. The van der Waals surface area contributed by atoms with Gasteiger partial charge in [0.15, 0.2) is 0 Å². The lowest BCUT2D eigenvalue weighted by atomic mass is 10.0. The van der Waals surface area contributed by atoms with Gasteiger partial charge in [-0.3, -0.25) is 4.90 Å². The Hall–Kier alpha value is -2.00.